The molecule has 1 aliphatic heterocycles. The number of aryl methyl sites for hydroxylation is 1. The summed E-state index contributed by atoms with van der Waals surface area (Å²) in [6.07, 6.45) is 3.45. The van der Waals surface area contributed by atoms with Crippen LogP contribution in [0.3, 0.4) is 0 Å². The van der Waals surface area contributed by atoms with E-state index in [-0.39, 0.29) is 23.0 Å². The highest BCUT2D eigenvalue weighted by atomic mass is 32.2. The summed E-state index contributed by atoms with van der Waals surface area (Å²) in [6.45, 7) is 5.87. The van der Waals surface area contributed by atoms with Crippen molar-refractivity contribution in [1.29, 1.82) is 0 Å². The molecule has 0 aliphatic carbocycles. The topological polar surface area (TPSA) is 94.2 Å². The minimum absolute atomic E-state index is 0.0718. The first-order valence-corrected chi connectivity index (χ1v) is 13.2. The molecule has 0 unspecified atom stereocenters. The van der Waals surface area contributed by atoms with E-state index in [9.17, 15) is 13.2 Å². The van der Waals surface area contributed by atoms with Gasteiger partial charge in [0.15, 0.2) is 11.5 Å². The molecule has 34 heavy (non-hydrogen) atoms. The van der Waals surface area contributed by atoms with Gasteiger partial charge in [0, 0.05) is 25.2 Å². The molecule has 0 atom stereocenters. The molecule has 1 N–H and O–H groups in total. The molecule has 9 heteroatoms. The van der Waals surface area contributed by atoms with Gasteiger partial charge in [0.25, 0.3) is 0 Å². The smallest absolute Gasteiger partial charge is 0.246 e. The summed E-state index contributed by atoms with van der Waals surface area (Å²) in [5.41, 5.74) is 1.37. The van der Waals surface area contributed by atoms with Crippen molar-refractivity contribution in [2.24, 2.45) is 0 Å². The summed E-state index contributed by atoms with van der Waals surface area (Å²) in [6, 6.07) is 10.4. The lowest BCUT2D eigenvalue weighted by atomic mass is 10.1. The zero-order valence-corrected chi connectivity index (χ0v) is 20.9. The van der Waals surface area contributed by atoms with E-state index < -0.39 is 10.0 Å². The van der Waals surface area contributed by atoms with Crippen LogP contribution in [0.1, 0.15) is 45.1 Å². The van der Waals surface area contributed by atoms with Crippen LogP contribution in [0.25, 0.3) is 0 Å². The SMILES string of the molecule is CCOc1ccc(CCC(=O)Nc2ccc(OC)c(S(=O)(=O)N3CCCCC3)c2)cc1OCC. The maximum atomic E-state index is 13.2. The van der Waals surface area contributed by atoms with E-state index in [4.69, 9.17) is 14.2 Å². The first-order chi connectivity index (χ1) is 16.4. The Morgan fingerprint density at radius 3 is 2.29 bits per heavy atom. The van der Waals surface area contributed by atoms with Crippen LogP contribution in [0, 0.1) is 0 Å². The van der Waals surface area contributed by atoms with E-state index in [1.165, 1.54) is 17.5 Å². The van der Waals surface area contributed by atoms with Gasteiger partial charge in [-0.3, -0.25) is 4.79 Å². The van der Waals surface area contributed by atoms with E-state index in [0.29, 0.717) is 49.9 Å². The average Bonchev–Trinajstić information content (AvgIpc) is 2.85. The molecule has 1 fully saturated rings. The fraction of sp³-hybridized carbons (Fsp3) is 0.480. The van der Waals surface area contributed by atoms with E-state index in [0.717, 1.165) is 24.8 Å². The molecule has 8 nitrogen and oxygen atoms in total. The van der Waals surface area contributed by atoms with Gasteiger partial charge in [-0.05, 0) is 69.0 Å². The number of hydrogen-bond acceptors (Lipinski definition) is 6. The lowest BCUT2D eigenvalue weighted by Crippen LogP contribution is -2.35. The molecule has 3 rings (SSSR count). The zero-order valence-electron chi connectivity index (χ0n) is 20.1. The molecule has 1 heterocycles. The quantitative estimate of drug-likeness (QED) is 0.506. The molecule has 0 spiro atoms. The predicted octanol–water partition coefficient (Wildman–Crippen LogP) is 4.24. The zero-order chi connectivity index (χ0) is 24.6. The Kier molecular flexibility index (Phi) is 9.18. The van der Waals surface area contributed by atoms with Crippen LogP contribution in [0.4, 0.5) is 5.69 Å². The van der Waals surface area contributed by atoms with E-state index in [2.05, 4.69) is 5.32 Å². The molecule has 0 aromatic heterocycles. The highest BCUT2D eigenvalue weighted by Gasteiger charge is 2.29. The maximum Gasteiger partial charge on any atom is 0.246 e. The van der Waals surface area contributed by atoms with Gasteiger partial charge in [-0.2, -0.15) is 4.31 Å². The van der Waals surface area contributed by atoms with Crippen molar-refractivity contribution in [1.82, 2.24) is 4.31 Å². The summed E-state index contributed by atoms with van der Waals surface area (Å²) < 4.78 is 44.4. The first kappa shape index (κ1) is 25.8. The van der Waals surface area contributed by atoms with Crippen LogP contribution < -0.4 is 19.5 Å². The Balaban J connectivity index is 1.69. The van der Waals surface area contributed by atoms with E-state index >= 15 is 0 Å². The summed E-state index contributed by atoms with van der Waals surface area (Å²) in [5.74, 6) is 1.39. The third-order valence-corrected chi connectivity index (χ3v) is 7.55. The second-order valence-electron chi connectivity index (χ2n) is 8.03. The second-order valence-corrected chi connectivity index (χ2v) is 9.93. The van der Waals surface area contributed by atoms with Gasteiger partial charge < -0.3 is 19.5 Å². The third kappa shape index (κ3) is 6.42. The van der Waals surface area contributed by atoms with Crippen molar-refractivity contribution in [3.8, 4) is 17.2 Å². The number of sulfonamides is 1. The minimum Gasteiger partial charge on any atom is -0.495 e. The molecule has 1 aliphatic rings. The minimum atomic E-state index is -3.71. The summed E-state index contributed by atoms with van der Waals surface area (Å²) in [7, 11) is -2.27. The van der Waals surface area contributed by atoms with Crippen LogP contribution in [-0.4, -0.2) is 52.0 Å². The van der Waals surface area contributed by atoms with Gasteiger partial charge in [-0.25, -0.2) is 8.42 Å². The number of hydrogen-bond donors (Lipinski definition) is 1. The monoisotopic (exact) mass is 490 g/mol. The van der Waals surface area contributed by atoms with Gasteiger partial charge >= 0.3 is 0 Å². The standard InChI is InChI=1S/C25H34N2O6S/c1-4-32-21-12-9-19(17-23(21)33-5-2)10-14-25(28)26-20-11-13-22(31-3)24(18-20)34(29,30)27-15-7-6-8-16-27/h9,11-13,17-18H,4-8,10,14-16H2,1-3H3,(H,26,28). The number of ether oxygens (including phenoxy) is 3. The molecule has 2 aromatic carbocycles. The number of methoxy groups -OCH3 is 1. The number of nitrogens with one attached hydrogen (secondary N) is 1. The van der Waals surface area contributed by atoms with Crippen molar-refractivity contribution < 1.29 is 27.4 Å². The molecular weight excluding hydrogens is 456 g/mol. The van der Waals surface area contributed by atoms with E-state index in [1.807, 2.05) is 32.0 Å². The number of anilines is 1. The number of rotatable bonds is 11. The normalized spacial score (nSPS) is 14.4. The maximum absolute atomic E-state index is 13.2. The molecular formula is C25H34N2O6S. The van der Waals surface area contributed by atoms with Crippen molar-refractivity contribution in [3.05, 3.63) is 42.0 Å². The number of carbonyl (C=O) groups excluding carboxylic acids is 1. The summed E-state index contributed by atoms with van der Waals surface area (Å²) >= 11 is 0. The number of piperidine rings is 1. The fourth-order valence-electron chi connectivity index (χ4n) is 3.93. The van der Waals surface area contributed by atoms with Gasteiger partial charge in [0.2, 0.25) is 15.9 Å². The van der Waals surface area contributed by atoms with Crippen LogP contribution in [0.15, 0.2) is 41.3 Å². The number of nitrogens with zero attached hydrogens (tertiary/aromatic N) is 1. The molecule has 1 amide bonds. The van der Waals surface area contributed by atoms with Crippen molar-refractivity contribution in [2.75, 3.05) is 38.7 Å². The molecule has 0 saturated carbocycles. The van der Waals surface area contributed by atoms with Crippen LogP contribution in [0.5, 0.6) is 17.2 Å². The lowest BCUT2D eigenvalue weighted by Gasteiger charge is -2.26. The third-order valence-electron chi connectivity index (χ3n) is 5.63. The molecule has 0 bridgehead atoms. The van der Waals surface area contributed by atoms with Crippen LogP contribution in [-0.2, 0) is 21.2 Å². The Morgan fingerprint density at radius 2 is 1.62 bits per heavy atom. The summed E-state index contributed by atoms with van der Waals surface area (Å²) in [4.78, 5) is 12.7. The first-order valence-electron chi connectivity index (χ1n) is 11.8. The van der Waals surface area contributed by atoms with Gasteiger partial charge in [0.1, 0.15) is 10.6 Å². The number of carbonyl (C=O) groups is 1. The number of benzene rings is 2. The predicted molar refractivity (Wildman–Crippen MR) is 131 cm³/mol. The molecule has 1 saturated heterocycles. The van der Waals surface area contributed by atoms with Crippen LogP contribution in [0.2, 0.25) is 0 Å². The van der Waals surface area contributed by atoms with E-state index in [1.54, 1.807) is 12.1 Å². The fourth-order valence-corrected chi connectivity index (χ4v) is 5.63. The van der Waals surface area contributed by atoms with Crippen molar-refractivity contribution >= 4 is 21.6 Å². The van der Waals surface area contributed by atoms with Crippen molar-refractivity contribution in [3.63, 3.8) is 0 Å². The Hall–Kier alpha value is -2.78. The Morgan fingerprint density at radius 1 is 0.941 bits per heavy atom. The van der Waals surface area contributed by atoms with Gasteiger partial charge in [-0.1, -0.05) is 12.5 Å². The highest BCUT2D eigenvalue weighted by Crippen LogP contribution is 2.32. The summed E-state index contributed by atoms with van der Waals surface area (Å²) in [5, 5.41) is 2.82. The molecule has 186 valence electrons. The Labute approximate surface area is 202 Å². The lowest BCUT2D eigenvalue weighted by molar-refractivity contribution is -0.116. The second kappa shape index (κ2) is 12.1. The molecule has 0 radical (unpaired) electrons. The Bertz CT molecular complexity index is 1080. The largest absolute Gasteiger partial charge is 0.495 e. The average molecular weight is 491 g/mol. The van der Waals surface area contributed by atoms with Gasteiger partial charge in [0.05, 0.1) is 20.3 Å². The number of amides is 1. The van der Waals surface area contributed by atoms with Crippen LogP contribution >= 0.6 is 0 Å². The highest BCUT2D eigenvalue weighted by molar-refractivity contribution is 7.89. The van der Waals surface area contributed by atoms with Crippen molar-refractivity contribution in [2.45, 2.75) is 50.8 Å². The van der Waals surface area contributed by atoms with Gasteiger partial charge in [-0.15, -0.1) is 0 Å². The molecule has 2 aromatic rings.